The topological polar surface area (TPSA) is 95.5 Å². The van der Waals surface area contributed by atoms with Gasteiger partial charge in [-0.05, 0) is 54.1 Å². The number of methoxy groups -OCH3 is 3. The van der Waals surface area contributed by atoms with Crippen LogP contribution in [0.15, 0.2) is 65.8 Å². The quantitative estimate of drug-likeness (QED) is 0.228. The molecule has 0 bridgehead atoms. The fourth-order valence-electron chi connectivity index (χ4n) is 2.85. The highest BCUT2D eigenvalue weighted by Gasteiger charge is 2.16. The van der Waals surface area contributed by atoms with Crippen LogP contribution in [0.1, 0.15) is 26.3 Å². The predicted octanol–water partition coefficient (Wildman–Crippen LogP) is 4.35. The molecule has 170 valence electrons. The van der Waals surface area contributed by atoms with E-state index in [9.17, 15) is 9.59 Å². The molecule has 3 aromatic rings. The Kier molecular flexibility index (Phi) is 7.88. The molecule has 0 heterocycles. The summed E-state index contributed by atoms with van der Waals surface area (Å²) in [7, 11) is 4.40. The highest BCUT2D eigenvalue weighted by atomic mass is 35.5. The average Bonchev–Trinajstić information content (AvgIpc) is 2.83. The van der Waals surface area contributed by atoms with Gasteiger partial charge in [-0.25, -0.2) is 10.2 Å². The van der Waals surface area contributed by atoms with E-state index in [-0.39, 0.29) is 5.56 Å². The van der Waals surface area contributed by atoms with Gasteiger partial charge in [-0.15, -0.1) is 0 Å². The Hall–Kier alpha value is -4.04. The number of hydrogen-bond acceptors (Lipinski definition) is 7. The fraction of sp³-hybridized carbons (Fsp3) is 0.125. The van der Waals surface area contributed by atoms with Gasteiger partial charge in [0.1, 0.15) is 5.75 Å². The molecule has 0 spiro atoms. The number of nitrogens with zero attached hydrogens (tertiary/aromatic N) is 1. The third-order valence-electron chi connectivity index (χ3n) is 4.46. The van der Waals surface area contributed by atoms with E-state index < -0.39 is 11.9 Å². The summed E-state index contributed by atoms with van der Waals surface area (Å²) in [6.45, 7) is 0. The Morgan fingerprint density at radius 3 is 2.15 bits per heavy atom. The van der Waals surface area contributed by atoms with Crippen molar-refractivity contribution >= 4 is 29.7 Å². The molecule has 0 aliphatic heterocycles. The average molecular weight is 469 g/mol. The summed E-state index contributed by atoms with van der Waals surface area (Å²) < 4.78 is 21.1. The van der Waals surface area contributed by atoms with Crippen LogP contribution < -0.4 is 24.4 Å². The Morgan fingerprint density at radius 2 is 1.55 bits per heavy atom. The molecule has 1 N–H and O–H groups in total. The van der Waals surface area contributed by atoms with Crippen LogP contribution in [0.2, 0.25) is 5.02 Å². The number of carbonyl (C=O) groups is 2. The van der Waals surface area contributed by atoms with Crippen LogP contribution >= 0.6 is 11.6 Å². The predicted molar refractivity (Wildman–Crippen MR) is 124 cm³/mol. The van der Waals surface area contributed by atoms with E-state index in [0.717, 1.165) is 0 Å². The Balaban J connectivity index is 1.67. The van der Waals surface area contributed by atoms with E-state index >= 15 is 0 Å². The highest BCUT2D eigenvalue weighted by Crippen LogP contribution is 2.38. The first-order valence-electron chi connectivity index (χ1n) is 9.66. The zero-order chi connectivity index (χ0) is 23.8. The molecule has 3 rings (SSSR count). The van der Waals surface area contributed by atoms with E-state index in [1.54, 1.807) is 48.5 Å². The molecule has 0 fully saturated rings. The lowest BCUT2D eigenvalue weighted by Crippen LogP contribution is -2.18. The van der Waals surface area contributed by atoms with Crippen LogP contribution in [0.25, 0.3) is 0 Å². The number of amides is 1. The molecule has 0 aliphatic carbocycles. The number of hydrogen-bond donors (Lipinski definition) is 1. The van der Waals surface area contributed by atoms with E-state index in [1.165, 1.54) is 39.7 Å². The first-order chi connectivity index (χ1) is 15.9. The third-order valence-corrected chi connectivity index (χ3v) is 4.71. The first kappa shape index (κ1) is 23.6. The normalized spacial score (nSPS) is 10.5. The summed E-state index contributed by atoms with van der Waals surface area (Å²) in [5, 5.41) is 4.49. The largest absolute Gasteiger partial charge is 0.493 e. The van der Waals surface area contributed by atoms with Crippen molar-refractivity contribution in [2.45, 2.75) is 0 Å². The zero-order valence-electron chi connectivity index (χ0n) is 18.1. The molecule has 0 aliphatic rings. The summed E-state index contributed by atoms with van der Waals surface area (Å²) in [6.07, 6.45) is 1.43. The fourth-order valence-corrected chi connectivity index (χ4v) is 2.98. The van der Waals surface area contributed by atoms with Gasteiger partial charge in [0.15, 0.2) is 11.5 Å². The summed E-state index contributed by atoms with van der Waals surface area (Å²) in [5.41, 5.74) is 3.69. The summed E-state index contributed by atoms with van der Waals surface area (Å²) in [6, 6.07) is 16.1. The van der Waals surface area contributed by atoms with Crippen LogP contribution in [-0.2, 0) is 0 Å². The molecule has 0 atom stereocenters. The van der Waals surface area contributed by atoms with Gasteiger partial charge < -0.3 is 18.9 Å². The van der Waals surface area contributed by atoms with Gasteiger partial charge in [0.25, 0.3) is 5.91 Å². The lowest BCUT2D eigenvalue weighted by atomic mass is 10.1. The van der Waals surface area contributed by atoms with Crippen LogP contribution in [0.3, 0.4) is 0 Å². The van der Waals surface area contributed by atoms with Crippen molar-refractivity contribution < 1.29 is 28.5 Å². The standard InChI is InChI=1S/C24H21ClN2O6/c1-30-20-12-17(13-21(31-2)22(20)32-3)23(28)27-26-14-15-5-4-6-19(11-15)33-24(29)16-7-9-18(25)10-8-16/h4-14H,1-3H3,(H,27,28). The molecule has 0 aromatic heterocycles. The molecule has 3 aromatic carbocycles. The van der Waals surface area contributed by atoms with Crippen LogP contribution in [0, 0.1) is 0 Å². The number of esters is 1. The SMILES string of the molecule is COc1cc(C(=O)NN=Cc2cccc(OC(=O)c3ccc(Cl)cc3)c2)cc(OC)c1OC. The maximum absolute atomic E-state index is 12.5. The molecule has 8 nitrogen and oxygen atoms in total. The maximum atomic E-state index is 12.5. The zero-order valence-corrected chi connectivity index (χ0v) is 18.9. The number of carbonyl (C=O) groups excluding carboxylic acids is 2. The lowest BCUT2D eigenvalue weighted by molar-refractivity contribution is 0.0734. The van der Waals surface area contributed by atoms with Gasteiger partial charge in [-0.2, -0.15) is 5.10 Å². The number of hydrazone groups is 1. The molecule has 0 radical (unpaired) electrons. The molecule has 33 heavy (non-hydrogen) atoms. The smallest absolute Gasteiger partial charge is 0.343 e. The minimum absolute atomic E-state index is 0.271. The minimum Gasteiger partial charge on any atom is -0.493 e. The summed E-state index contributed by atoms with van der Waals surface area (Å²) in [5.74, 6) is 0.412. The summed E-state index contributed by atoms with van der Waals surface area (Å²) in [4.78, 5) is 24.8. The van der Waals surface area contributed by atoms with Gasteiger partial charge >= 0.3 is 5.97 Å². The van der Waals surface area contributed by atoms with Crippen molar-refractivity contribution in [3.8, 4) is 23.0 Å². The molecule has 0 unspecified atom stereocenters. The van der Waals surface area contributed by atoms with Crippen molar-refractivity contribution in [2.24, 2.45) is 5.10 Å². The Labute approximate surface area is 195 Å². The van der Waals surface area contributed by atoms with Crippen molar-refractivity contribution in [1.29, 1.82) is 0 Å². The molecular formula is C24H21ClN2O6. The monoisotopic (exact) mass is 468 g/mol. The number of halogens is 1. The van der Waals surface area contributed by atoms with Crippen molar-refractivity contribution in [3.63, 3.8) is 0 Å². The highest BCUT2D eigenvalue weighted by molar-refractivity contribution is 6.30. The second kappa shape index (κ2) is 11.0. The second-order valence-electron chi connectivity index (χ2n) is 6.58. The Bertz CT molecular complexity index is 1150. The van der Waals surface area contributed by atoms with Crippen molar-refractivity contribution in [3.05, 3.63) is 82.4 Å². The molecule has 1 amide bonds. The number of benzene rings is 3. The van der Waals surface area contributed by atoms with Gasteiger partial charge in [0, 0.05) is 10.6 Å². The minimum atomic E-state index is -0.517. The lowest BCUT2D eigenvalue weighted by Gasteiger charge is -2.13. The Morgan fingerprint density at radius 1 is 0.879 bits per heavy atom. The molecular weight excluding hydrogens is 448 g/mol. The third kappa shape index (κ3) is 6.02. The van der Waals surface area contributed by atoms with E-state index in [0.29, 0.717) is 39.1 Å². The number of nitrogens with one attached hydrogen (secondary N) is 1. The molecule has 0 saturated heterocycles. The van der Waals surface area contributed by atoms with Crippen molar-refractivity contribution in [1.82, 2.24) is 5.43 Å². The van der Waals surface area contributed by atoms with Gasteiger partial charge in [-0.3, -0.25) is 4.79 Å². The van der Waals surface area contributed by atoms with Crippen LogP contribution in [0.5, 0.6) is 23.0 Å². The van der Waals surface area contributed by atoms with Crippen molar-refractivity contribution in [2.75, 3.05) is 21.3 Å². The maximum Gasteiger partial charge on any atom is 0.343 e. The van der Waals surface area contributed by atoms with Gasteiger partial charge in [0.2, 0.25) is 5.75 Å². The number of rotatable bonds is 8. The van der Waals surface area contributed by atoms with E-state index in [4.69, 9.17) is 30.5 Å². The van der Waals surface area contributed by atoms with Gasteiger partial charge in [0.05, 0.1) is 33.1 Å². The second-order valence-corrected chi connectivity index (χ2v) is 7.02. The van der Waals surface area contributed by atoms with Crippen LogP contribution in [0.4, 0.5) is 0 Å². The van der Waals surface area contributed by atoms with Crippen LogP contribution in [-0.4, -0.2) is 39.4 Å². The van der Waals surface area contributed by atoms with Gasteiger partial charge in [-0.1, -0.05) is 23.7 Å². The first-order valence-corrected chi connectivity index (χ1v) is 10.0. The van der Waals surface area contributed by atoms with E-state index in [2.05, 4.69) is 10.5 Å². The molecule has 9 heteroatoms. The summed E-state index contributed by atoms with van der Waals surface area (Å²) >= 11 is 5.84. The molecule has 0 saturated carbocycles. The van der Waals surface area contributed by atoms with E-state index in [1.807, 2.05) is 0 Å². The number of ether oxygens (including phenoxy) is 4.